The Morgan fingerprint density at radius 1 is 1.22 bits per heavy atom. The molecule has 1 amide bonds. The lowest BCUT2D eigenvalue weighted by atomic mass is 9.67. The first-order valence-electron chi connectivity index (χ1n) is 7.21. The number of carbonyl (C=O) groups is 1. The summed E-state index contributed by atoms with van der Waals surface area (Å²) >= 11 is 0. The van der Waals surface area contributed by atoms with Gasteiger partial charge in [0.2, 0.25) is 5.91 Å². The molecule has 2 fully saturated rings. The number of hydrogen-bond donors (Lipinski definition) is 0. The van der Waals surface area contributed by atoms with Crippen LogP contribution in [0.15, 0.2) is 24.3 Å². The molecule has 2 aliphatic heterocycles. The van der Waals surface area contributed by atoms with E-state index in [4.69, 9.17) is 0 Å². The van der Waals surface area contributed by atoms with Crippen LogP contribution in [0, 0.1) is 5.92 Å². The molecule has 2 heterocycles. The van der Waals surface area contributed by atoms with Gasteiger partial charge in [0, 0.05) is 13.0 Å². The van der Waals surface area contributed by atoms with Crippen molar-refractivity contribution in [3.63, 3.8) is 0 Å². The van der Waals surface area contributed by atoms with Crippen LogP contribution in [0.2, 0.25) is 0 Å². The average molecular weight is 241 g/mol. The van der Waals surface area contributed by atoms with E-state index in [0.29, 0.717) is 11.8 Å². The molecule has 1 saturated carbocycles. The van der Waals surface area contributed by atoms with Crippen LogP contribution >= 0.6 is 0 Å². The standard InChI is InChI=1S/C16H19NO/c18-15-11-13-6-3-4-9-16(13)14-7-2-1-5-12(14)8-10-17(15)16/h1-2,5,7,13H,3-4,6,8-11H2. The summed E-state index contributed by atoms with van der Waals surface area (Å²) in [6.45, 7) is 0.937. The molecule has 2 nitrogen and oxygen atoms in total. The molecule has 0 radical (unpaired) electrons. The number of benzene rings is 1. The highest BCUT2D eigenvalue weighted by Crippen LogP contribution is 2.54. The number of nitrogens with zero attached hydrogens (tertiary/aromatic N) is 1. The number of rotatable bonds is 0. The normalized spacial score (nSPS) is 33.9. The quantitative estimate of drug-likeness (QED) is 0.684. The molecule has 1 aromatic rings. The predicted octanol–water partition coefficient (Wildman–Crippen LogP) is 2.86. The number of carbonyl (C=O) groups excluding carboxylic acids is 1. The molecule has 1 saturated heterocycles. The Labute approximate surface area is 108 Å². The minimum absolute atomic E-state index is 0.0736. The van der Waals surface area contributed by atoms with Crippen LogP contribution in [0.3, 0.4) is 0 Å². The van der Waals surface area contributed by atoms with E-state index in [0.717, 1.165) is 19.4 Å². The van der Waals surface area contributed by atoms with Crippen molar-refractivity contribution in [1.29, 1.82) is 0 Å². The zero-order valence-corrected chi connectivity index (χ0v) is 10.7. The second-order valence-electron chi connectivity index (χ2n) is 6.02. The fourth-order valence-electron chi connectivity index (χ4n) is 4.61. The highest BCUT2D eigenvalue weighted by Gasteiger charge is 2.56. The van der Waals surface area contributed by atoms with Crippen molar-refractivity contribution in [3.8, 4) is 0 Å². The summed E-state index contributed by atoms with van der Waals surface area (Å²) in [6, 6.07) is 8.82. The molecule has 4 rings (SSSR count). The smallest absolute Gasteiger partial charge is 0.223 e. The van der Waals surface area contributed by atoms with Gasteiger partial charge in [-0.05, 0) is 36.3 Å². The summed E-state index contributed by atoms with van der Waals surface area (Å²) in [6.07, 6.45) is 6.81. The van der Waals surface area contributed by atoms with E-state index in [1.54, 1.807) is 0 Å². The van der Waals surface area contributed by atoms with Crippen LogP contribution < -0.4 is 0 Å². The van der Waals surface area contributed by atoms with Gasteiger partial charge in [-0.3, -0.25) is 4.79 Å². The summed E-state index contributed by atoms with van der Waals surface area (Å²) in [7, 11) is 0. The van der Waals surface area contributed by atoms with E-state index in [2.05, 4.69) is 29.2 Å². The molecular formula is C16H19NO. The molecule has 94 valence electrons. The lowest BCUT2D eigenvalue weighted by Crippen LogP contribution is -2.51. The van der Waals surface area contributed by atoms with Crippen LogP contribution in [0.1, 0.15) is 43.2 Å². The SMILES string of the molecule is O=C1CC2CCCCC23c2ccccc2CCN13. The van der Waals surface area contributed by atoms with Gasteiger partial charge in [0.05, 0.1) is 5.54 Å². The highest BCUT2D eigenvalue weighted by atomic mass is 16.2. The van der Waals surface area contributed by atoms with Gasteiger partial charge in [-0.15, -0.1) is 0 Å². The van der Waals surface area contributed by atoms with E-state index in [1.165, 1.54) is 36.8 Å². The van der Waals surface area contributed by atoms with Gasteiger partial charge in [-0.1, -0.05) is 37.1 Å². The Hall–Kier alpha value is -1.31. The summed E-state index contributed by atoms with van der Waals surface area (Å²) in [4.78, 5) is 14.5. The van der Waals surface area contributed by atoms with E-state index >= 15 is 0 Å². The van der Waals surface area contributed by atoms with Crippen molar-refractivity contribution in [2.75, 3.05) is 6.54 Å². The third-order valence-corrected chi connectivity index (χ3v) is 5.33. The van der Waals surface area contributed by atoms with Gasteiger partial charge in [-0.25, -0.2) is 0 Å². The second-order valence-corrected chi connectivity index (χ2v) is 6.02. The molecule has 1 aliphatic carbocycles. The average Bonchev–Trinajstić information content (AvgIpc) is 2.71. The van der Waals surface area contributed by atoms with Crippen molar-refractivity contribution in [1.82, 2.24) is 4.90 Å². The van der Waals surface area contributed by atoms with Crippen LogP contribution in [-0.4, -0.2) is 17.4 Å². The maximum Gasteiger partial charge on any atom is 0.223 e. The Morgan fingerprint density at radius 3 is 3.06 bits per heavy atom. The number of hydrogen-bond acceptors (Lipinski definition) is 1. The van der Waals surface area contributed by atoms with Gasteiger partial charge in [0.25, 0.3) is 0 Å². The van der Waals surface area contributed by atoms with Gasteiger partial charge in [0.15, 0.2) is 0 Å². The molecule has 3 aliphatic rings. The molecule has 2 atom stereocenters. The topological polar surface area (TPSA) is 20.3 Å². The lowest BCUT2D eigenvalue weighted by Gasteiger charge is -2.49. The molecule has 0 bridgehead atoms. The maximum absolute atomic E-state index is 12.3. The summed E-state index contributed by atoms with van der Waals surface area (Å²) in [5, 5.41) is 0. The Morgan fingerprint density at radius 2 is 2.11 bits per heavy atom. The molecule has 2 unspecified atom stereocenters. The van der Waals surface area contributed by atoms with E-state index in [-0.39, 0.29) is 5.54 Å². The Balaban J connectivity index is 1.93. The van der Waals surface area contributed by atoms with Crippen LogP contribution in [-0.2, 0) is 16.8 Å². The second kappa shape index (κ2) is 3.59. The fraction of sp³-hybridized carbons (Fsp3) is 0.562. The Bertz CT molecular complexity index is 510. The van der Waals surface area contributed by atoms with Crippen molar-refractivity contribution >= 4 is 5.91 Å². The highest BCUT2D eigenvalue weighted by molar-refractivity contribution is 5.81. The summed E-state index contributed by atoms with van der Waals surface area (Å²) < 4.78 is 0. The first-order valence-corrected chi connectivity index (χ1v) is 7.21. The summed E-state index contributed by atoms with van der Waals surface area (Å²) in [5.41, 5.74) is 3.02. The Kier molecular flexibility index (Phi) is 2.12. The van der Waals surface area contributed by atoms with Crippen LogP contribution in [0.4, 0.5) is 0 Å². The van der Waals surface area contributed by atoms with Gasteiger partial charge in [0.1, 0.15) is 0 Å². The number of amides is 1. The summed E-state index contributed by atoms with van der Waals surface area (Å²) in [5.74, 6) is 0.969. The zero-order valence-electron chi connectivity index (χ0n) is 10.7. The molecule has 2 heteroatoms. The van der Waals surface area contributed by atoms with E-state index in [1.807, 2.05) is 0 Å². The van der Waals surface area contributed by atoms with Crippen molar-refractivity contribution in [2.45, 2.75) is 44.1 Å². The van der Waals surface area contributed by atoms with Gasteiger partial charge in [-0.2, -0.15) is 0 Å². The van der Waals surface area contributed by atoms with E-state index < -0.39 is 0 Å². The third kappa shape index (κ3) is 1.16. The van der Waals surface area contributed by atoms with Crippen molar-refractivity contribution in [3.05, 3.63) is 35.4 Å². The van der Waals surface area contributed by atoms with Crippen molar-refractivity contribution in [2.24, 2.45) is 5.92 Å². The first-order chi connectivity index (χ1) is 8.82. The van der Waals surface area contributed by atoms with Crippen LogP contribution in [0.5, 0.6) is 0 Å². The van der Waals surface area contributed by atoms with Crippen molar-refractivity contribution < 1.29 is 4.79 Å². The zero-order chi connectivity index (χ0) is 12.2. The van der Waals surface area contributed by atoms with Gasteiger partial charge >= 0.3 is 0 Å². The number of fused-ring (bicyclic) bond motifs is 1. The molecular weight excluding hydrogens is 222 g/mol. The third-order valence-electron chi connectivity index (χ3n) is 5.33. The minimum atomic E-state index is 0.0736. The predicted molar refractivity (Wildman–Crippen MR) is 70.1 cm³/mol. The lowest BCUT2D eigenvalue weighted by molar-refractivity contribution is -0.132. The monoisotopic (exact) mass is 241 g/mol. The van der Waals surface area contributed by atoms with Crippen LogP contribution in [0.25, 0.3) is 0 Å². The van der Waals surface area contributed by atoms with E-state index in [9.17, 15) is 4.79 Å². The molecule has 1 spiro atoms. The minimum Gasteiger partial charge on any atom is -0.332 e. The molecule has 0 aromatic heterocycles. The first kappa shape index (κ1) is 10.6. The maximum atomic E-state index is 12.3. The molecule has 18 heavy (non-hydrogen) atoms. The van der Waals surface area contributed by atoms with Gasteiger partial charge < -0.3 is 4.90 Å². The fourth-order valence-corrected chi connectivity index (χ4v) is 4.61. The molecule has 0 N–H and O–H groups in total. The largest absolute Gasteiger partial charge is 0.332 e. The molecule has 1 aromatic carbocycles.